The van der Waals surface area contributed by atoms with Crippen LogP contribution in [-0.4, -0.2) is 76.0 Å². The number of unbranched alkanes of at least 4 members (excludes halogenated alkanes) is 5. The molecule has 11 heteroatoms. The maximum absolute atomic E-state index is 13.3. The number of amides is 3. The number of hydroxylamine groups is 4. The summed E-state index contributed by atoms with van der Waals surface area (Å²) in [4.78, 5) is 48.9. The molecule has 208 valence electrons. The summed E-state index contributed by atoms with van der Waals surface area (Å²) in [6.07, 6.45) is 8.09. The fourth-order valence-electron chi connectivity index (χ4n) is 4.18. The summed E-state index contributed by atoms with van der Waals surface area (Å²) in [6.45, 7) is 5.87. The van der Waals surface area contributed by atoms with Gasteiger partial charge in [0.15, 0.2) is 0 Å². The Morgan fingerprint density at radius 1 is 1.19 bits per heavy atom. The van der Waals surface area contributed by atoms with Crippen LogP contribution in [-0.2, 0) is 23.9 Å². The topological polar surface area (TPSA) is 162 Å². The summed E-state index contributed by atoms with van der Waals surface area (Å²) in [5.41, 5.74) is 4.90. The van der Waals surface area contributed by atoms with Crippen molar-refractivity contribution in [1.82, 2.24) is 15.4 Å². The molecule has 3 amide bonds. The predicted molar refractivity (Wildman–Crippen MR) is 133 cm³/mol. The molecule has 0 radical (unpaired) electrons. The molecule has 11 nitrogen and oxygen atoms in total. The number of hydrogen-bond acceptors (Lipinski definition) is 8. The summed E-state index contributed by atoms with van der Waals surface area (Å²) >= 11 is 0. The van der Waals surface area contributed by atoms with Crippen LogP contribution in [0.1, 0.15) is 97.8 Å². The van der Waals surface area contributed by atoms with Crippen LogP contribution in [0.4, 0.5) is 0 Å². The molecule has 0 aromatic heterocycles. The van der Waals surface area contributed by atoms with Crippen molar-refractivity contribution >= 4 is 24.2 Å². The van der Waals surface area contributed by atoms with Crippen molar-refractivity contribution in [3.8, 4) is 0 Å². The monoisotopic (exact) mass is 514 g/mol. The molecule has 0 aromatic carbocycles. The third-order valence-corrected chi connectivity index (χ3v) is 6.77. The lowest BCUT2D eigenvalue weighted by molar-refractivity contribution is -0.169. The molecule has 5 N–H and O–H groups in total. The number of hydrogen-bond donors (Lipinski definition) is 4. The van der Waals surface area contributed by atoms with Crippen molar-refractivity contribution in [3.05, 3.63) is 0 Å². The third-order valence-electron chi connectivity index (χ3n) is 6.77. The van der Waals surface area contributed by atoms with Gasteiger partial charge >= 0.3 is 5.97 Å². The number of nitrogens with two attached hydrogens (primary N) is 1. The van der Waals surface area contributed by atoms with Crippen molar-refractivity contribution < 1.29 is 34.3 Å². The Morgan fingerprint density at radius 2 is 1.86 bits per heavy atom. The largest absolute Gasteiger partial charge is 0.460 e. The first-order valence-corrected chi connectivity index (χ1v) is 13.2. The lowest BCUT2D eigenvalue weighted by Gasteiger charge is -2.34. The van der Waals surface area contributed by atoms with E-state index in [1.54, 1.807) is 13.8 Å². The molecule has 36 heavy (non-hydrogen) atoms. The van der Waals surface area contributed by atoms with Gasteiger partial charge in [-0.2, -0.15) is 0 Å². The molecule has 1 rings (SSSR count). The summed E-state index contributed by atoms with van der Waals surface area (Å²) in [5.74, 6) is -1.58. The SMILES string of the molecule is CCCCCCC[C@H](OC(=O)[C@@H](N)CCCCN(O)C=O)C(C)(C)C(=O)N[C@H]1CCCCN(O)C1=O. The Hall–Kier alpha value is -2.24. The van der Waals surface area contributed by atoms with Crippen molar-refractivity contribution in [2.75, 3.05) is 13.1 Å². The van der Waals surface area contributed by atoms with Crippen LogP contribution in [0.2, 0.25) is 0 Å². The normalized spacial score (nSPS) is 18.2. The molecule has 1 fully saturated rings. The van der Waals surface area contributed by atoms with E-state index in [0.29, 0.717) is 61.5 Å². The van der Waals surface area contributed by atoms with Crippen LogP contribution in [0.3, 0.4) is 0 Å². The van der Waals surface area contributed by atoms with Crippen molar-refractivity contribution in [3.63, 3.8) is 0 Å². The molecular formula is C25H46N4O7. The number of carbonyl (C=O) groups excluding carboxylic acids is 4. The van der Waals surface area contributed by atoms with Gasteiger partial charge in [-0.1, -0.05) is 32.6 Å². The highest BCUT2D eigenvalue weighted by Gasteiger charge is 2.42. The predicted octanol–water partition coefficient (Wildman–Crippen LogP) is 2.52. The van der Waals surface area contributed by atoms with Gasteiger partial charge in [0.2, 0.25) is 12.3 Å². The van der Waals surface area contributed by atoms with E-state index >= 15 is 0 Å². The molecule has 3 atom stereocenters. The number of ether oxygens (including phenoxy) is 1. The molecule has 1 aliphatic rings. The van der Waals surface area contributed by atoms with Crippen LogP contribution in [0.25, 0.3) is 0 Å². The number of nitrogens with one attached hydrogen (secondary N) is 1. The molecule has 0 unspecified atom stereocenters. The van der Waals surface area contributed by atoms with E-state index in [2.05, 4.69) is 12.2 Å². The van der Waals surface area contributed by atoms with Gasteiger partial charge in [0.05, 0.1) is 5.41 Å². The lowest BCUT2D eigenvalue weighted by atomic mass is 9.82. The van der Waals surface area contributed by atoms with E-state index in [4.69, 9.17) is 15.7 Å². The molecule has 1 heterocycles. The van der Waals surface area contributed by atoms with Gasteiger partial charge in [-0.25, -0.2) is 10.1 Å². The van der Waals surface area contributed by atoms with Gasteiger partial charge in [0.1, 0.15) is 18.2 Å². The van der Waals surface area contributed by atoms with E-state index in [1.165, 1.54) is 0 Å². The second-order valence-corrected chi connectivity index (χ2v) is 10.2. The number of carbonyl (C=O) groups is 4. The zero-order valence-electron chi connectivity index (χ0n) is 22.1. The van der Waals surface area contributed by atoms with E-state index < -0.39 is 41.4 Å². The van der Waals surface area contributed by atoms with Crippen LogP contribution in [0, 0.1) is 5.41 Å². The summed E-state index contributed by atoms with van der Waals surface area (Å²) < 4.78 is 5.78. The maximum Gasteiger partial charge on any atom is 0.323 e. The summed E-state index contributed by atoms with van der Waals surface area (Å²) in [5, 5.41) is 23.0. The van der Waals surface area contributed by atoms with E-state index in [-0.39, 0.29) is 13.1 Å². The van der Waals surface area contributed by atoms with Gasteiger partial charge in [-0.15, -0.1) is 0 Å². The molecule has 0 bridgehead atoms. The van der Waals surface area contributed by atoms with Gasteiger partial charge in [-0.3, -0.25) is 29.6 Å². The number of nitrogens with zero attached hydrogens (tertiary/aromatic N) is 2. The second kappa shape index (κ2) is 16.5. The zero-order valence-corrected chi connectivity index (χ0v) is 22.1. The average molecular weight is 515 g/mol. The smallest absolute Gasteiger partial charge is 0.323 e. The van der Waals surface area contributed by atoms with Crippen LogP contribution >= 0.6 is 0 Å². The Balaban J connectivity index is 2.82. The Bertz CT molecular complexity index is 704. The van der Waals surface area contributed by atoms with E-state index in [0.717, 1.165) is 32.1 Å². The van der Waals surface area contributed by atoms with Gasteiger partial charge in [0.25, 0.3) is 5.91 Å². The summed E-state index contributed by atoms with van der Waals surface area (Å²) in [6, 6.07) is -1.73. The molecule has 0 saturated carbocycles. The van der Waals surface area contributed by atoms with Crippen molar-refractivity contribution in [2.45, 2.75) is 116 Å². The van der Waals surface area contributed by atoms with Crippen LogP contribution < -0.4 is 11.1 Å². The Morgan fingerprint density at radius 3 is 2.53 bits per heavy atom. The first-order chi connectivity index (χ1) is 17.0. The van der Waals surface area contributed by atoms with Crippen LogP contribution in [0.15, 0.2) is 0 Å². The molecule has 1 saturated heterocycles. The van der Waals surface area contributed by atoms with Gasteiger partial charge in [0, 0.05) is 13.1 Å². The Labute approximate surface area is 214 Å². The highest BCUT2D eigenvalue weighted by atomic mass is 16.5. The minimum atomic E-state index is -1.13. The molecule has 0 aliphatic carbocycles. The molecule has 1 aliphatic heterocycles. The van der Waals surface area contributed by atoms with Gasteiger partial charge in [-0.05, 0) is 65.2 Å². The fraction of sp³-hybridized carbons (Fsp3) is 0.840. The number of rotatable bonds is 17. The maximum atomic E-state index is 13.3. The van der Waals surface area contributed by atoms with Crippen LogP contribution in [0.5, 0.6) is 0 Å². The standard InChI is InChI=1S/C25H46N4O7/c1-4-5-6-7-8-15-21(36-23(32)19(26)13-9-11-16-28(34)18-30)25(2,3)24(33)27-20-14-10-12-17-29(35)22(20)31/h18-21,34-35H,4-17,26H2,1-3H3,(H,27,33)/t19-,20-,21-/m0/s1. The summed E-state index contributed by atoms with van der Waals surface area (Å²) in [7, 11) is 0. The third kappa shape index (κ3) is 10.8. The highest BCUT2D eigenvalue weighted by Crippen LogP contribution is 2.29. The number of esters is 1. The highest BCUT2D eigenvalue weighted by molar-refractivity contribution is 5.90. The minimum absolute atomic E-state index is 0.143. The molecular weight excluding hydrogens is 468 g/mol. The van der Waals surface area contributed by atoms with E-state index in [1.807, 2.05) is 0 Å². The van der Waals surface area contributed by atoms with Gasteiger partial charge < -0.3 is 15.8 Å². The van der Waals surface area contributed by atoms with Crippen molar-refractivity contribution in [2.24, 2.45) is 11.1 Å². The molecule has 0 aromatic rings. The first kappa shape index (κ1) is 31.8. The fourth-order valence-corrected chi connectivity index (χ4v) is 4.18. The average Bonchev–Trinajstić information content (AvgIpc) is 3.00. The lowest BCUT2D eigenvalue weighted by Crippen LogP contribution is -2.54. The van der Waals surface area contributed by atoms with E-state index in [9.17, 15) is 24.4 Å². The molecule has 0 spiro atoms. The minimum Gasteiger partial charge on any atom is -0.460 e. The quantitative estimate of drug-likeness (QED) is 0.0756. The Kier molecular flexibility index (Phi) is 14.6. The first-order valence-electron chi connectivity index (χ1n) is 13.2. The van der Waals surface area contributed by atoms with Crippen molar-refractivity contribution in [1.29, 1.82) is 0 Å². The second-order valence-electron chi connectivity index (χ2n) is 10.2. The zero-order chi connectivity index (χ0) is 27.1.